The predicted octanol–water partition coefficient (Wildman–Crippen LogP) is 2.73. The molecule has 0 unspecified atom stereocenters. The highest BCUT2D eigenvalue weighted by Crippen LogP contribution is 2.30. The number of hydrogen-bond donors (Lipinski definition) is 2. The van der Waals surface area contributed by atoms with Crippen molar-refractivity contribution in [3.8, 4) is 5.88 Å². The zero-order valence-electron chi connectivity index (χ0n) is 16.9. The highest BCUT2D eigenvalue weighted by Gasteiger charge is 2.33. The second-order valence-corrected chi connectivity index (χ2v) is 7.21. The van der Waals surface area contributed by atoms with Gasteiger partial charge in [-0.3, -0.25) is 9.48 Å². The first-order valence-electron chi connectivity index (χ1n) is 9.85. The minimum Gasteiger partial charge on any atom is -0.469 e. The van der Waals surface area contributed by atoms with Crippen molar-refractivity contribution < 1.29 is 13.9 Å². The molecule has 9 nitrogen and oxygen atoms in total. The minimum atomic E-state index is -1.21. The molecular formula is C20H24FN7O2. The van der Waals surface area contributed by atoms with E-state index >= 15 is 0 Å². The van der Waals surface area contributed by atoms with Crippen molar-refractivity contribution in [2.24, 2.45) is 0 Å². The van der Waals surface area contributed by atoms with Crippen LogP contribution in [0.15, 0.2) is 31.2 Å². The van der Waals surface area contributed by atoms with Crippen LogP contribution in [-0.2, 0) is 11.3 Å². The first kappa shape index (κ1) is 19.9. The number of likely N-dealkylation sites (tertiary alicyclic amines) is 1. The number of hydrogen-bond acceptors (Lipinski definition) is 6. The second kappa shape index (κ2) is 8.13. The topological polar surface area (TPSA) is 101 Å². The Kier molecular flexibility index (Phi) is 5.39. The summed E-state index contributed by atoms with van der Waals surface area (Å²) in [7, 11) is 0. The molecule has 2 atom stereocenters. The van der Waals surface area contributed by atoms with E-state index in [1.54, 1.807) is 17.1 Å². The van der Waals surface area contributed by atoms with Crippen molar-refractivity contribution in [1.29, 1.82) is 0 Å². The lowest BCUT2D eigenvalue weighted by Crippen LogP contribution is -2.49. The van der Waals surface area contributed by atoms with Gasteiger partial charge < -0.3 is 19.9 Å². The number of rotatable bonds is 6. The molecule has 1 amide bonds. The molecular weight excluding hydrogens is 389 g/mol. The van der Waals surface area contributed by atoms with E-state index in [1.165, 1.54) is 11.0 Å². The number of anilines is 2. The van der Waals surface area contributed by atoms with E-state index in [0.717, 1.165) is 17.8 Å². The molecule has 1 saturated heterocycles. The van der Waals surface area contributed by atoms with Crippen molar-refractivity contribution in [3.63, 3.8) is 0 Å². The fraction of sp³-hybridized carbons (Fsp3) is 0.400. The number of carbonyl (C=O) groups is 1. The van der Waals surface area contributed by atoms with Crippen LogP contribution in [0.5, 0.6) is 5.88 Å². The zero-order chi connectivity index (χ0) is 21.3. The minimum absolute atomic E-state index is 0.132. The fourth-order valence-electron chi connectivity index (χ4n) is 3.49. The van der Waals surface area contributed by atoms with Crippen LogP contribution in [0, 0.1) is 6.92 Å². The highest BCUT2D eigenvalue weighted by atomic mass is 19.1. The van der Waals surface area contributed by atoms with E-state index in [9.17, 15) is 9.18 Å². The third kappa shape index (κ3) is 3.85. The van der Waals surface area contributed by atoms with Crippen LogP contribution in [0.3, 0.4) is 0 Å². The number of fused-ring (bicyclic) bond motifs is 1. The van der Waals surface area contributed by atoms with Gasteiger partial charge in [-0.05, 0) is 31.9 Å². The SMILES string of the molecule is C=CC(=O)N1CC[C@@H](F)[C@@H](Oc2nc(Nc3cnn(CC)c3)nc3[nH]cc(C)c23)C1. The normalized spacial score (nSPS) is 19.1. The maximum atomic E-state index is 14.6. The summed E-state index contributed by atoms with van der Waals surface area (Å²) in [5, 5.41) is 8.01. The van der Waals surface area contributed by atoms with Crippen molar-refractivity contribution >= 4 is 28.6 Å². The van der Waals surface area contributed by atoms with E-state index in [-0.39, 0.29) is 24.8 Å². The lowest BCUT2D eigenvalue weighted by molar-refractivity contribution is -0.130. The third-order valence-corrected chi connectivity index (χ3v) is 5.14. The van der Waals surface area contributed by atoms with E-state index < -0.39 is 12.3 Å². The number of alkyl halides is 1. The number of carbonyl (C=O) groups excluding carboxylic acids is 1. The van der Waals surface area contributed by atoms with Gasteiger partial charge in [0, 0.05) is 25.5 Å². The number of piperidine rings is 1. The Balaban J connectivity index is 1.64. The Morgan fingerprint density at radius 3 is 3.07 bits per heavy atom. The number of halogens is 1. The summed E-state index contributed by atoms with van der Waals surface area (Å²) in [4.78, 5) is 25.6. The number of H-pyrrole nitrogens is 1. The summed E-state index contributed by atoms with van der Waals surface area (Å²) in [6.45, 7) is 8.60. The quantitative estimate of drug-likeness (QED) is 0.603. The first-order chi connectivity index (χ1) is 14.5. The fourth-order valence-corrected chi connectivity index (χ4v) is 3.49. The Bertz CT molecular complexity index is 1080. The van der Waals surface area contributed by atoms with E-state index in [4.69, 9.17) is 4.74 Å². The van der Waals surface area contributed by atoms with Crippen LogP contribution in [0.25, 0.3) is 11.0 Å². The Morgan fingerprint density at radius 2 is 2.33 bits per heavy atom. The molecule has 4 rings (SSSR count). The summed E-state index contributed by atoms with van der Waals surface area (Å²) >= 11 is 0. The van der Waals surface area contributed by atoms with Crippen LogP contribution < -0.4 is 10.1 Å². The second-order valence-electron chi connectivity index (χ2n) is 7.21. The molecule has 3 aromatic heterocycles. The zero-order valence-corrected chi connectivity index (χ0v) is 16.9. The summed E-state index contributed by atoms with van der Waals surface area (Å²) in [6, 6.07) is 0. The lowest BCUT2D eigenvalue weighted by Gasteiger charge is -2.34. The van der Waals surface area contributed by atoms with Gasteiger partial charge in [-0.2, -0.15) is 15.1 Å². The van der Waals surface area contributed by atoms with Crippen LogP contribution in [0.2, 0.25) is 0 Å². The molecule has 1 aliphatic rings. The predicted molar refractivity (Wildman–Crippen MR) is 111 cm³/mol. The van der Waals surface area contributed by atoms with Crippen molar-refractivity contribution in [1.82, 2.24) is 29.6 Å². The number of aromatic nitrogens is 5. The van der Waals surface area contributed by atoms with Gasteiger partial charge in [-0.15, -0.1) is 0 Å². The van der Waals surface area contributed by atoms with Crippen LogP contribution in [0.1, 0.15) is 18.9 Å². The Hall–Kier alpha value is -3.43. The smallest absolute Gasteiger partial charge is 0.246 e. The molecule has 0 saturated carbocycles. The number of amides is 1. The molecule has 0 radical (unpaired) electrons. The molecule has 3 aromatic rings. The maximum absolute atomic E-state index is 14.6. The molecule has 1 fully saturated rings. The van der Waals surface area contributed by atoms with Crippen molar-refractivity contribution in [2.75, 3.05) is 18.4 Å². The molecule has 0 aliphatic carbocycles. The van der Waals surface area contributed by atoms with Gasteiger partial charge >= 0.3 is 0 Å². The molecule has 0 aromatic carbocycles. The molecule has 2 N–H and O–H groups in total. The van der Waals surface area contributed by atoms with Crippen molar-refractivity contribution in [2.45, 2.75) is 39.1 Å². The van der Waals surface area contributed by atoms with Gasteiger partial charge in [0.1, 0.15) is 17.9 Å². The third-order valence-electron chi connectivity index (χ3n) is 5.14. The molecule has 10 heteroatoms. The number of nitrogens with zero attached hydrogens (tertiary/aromatic N) is 5. The molecule has 158 valence electrons. The maximum Gasteiger partial charge on any atom is 0.246 e. The van der Waals surface area contributed by atoms with Gasteiger partial charge in [0.15, 0.2) is 0 Å². The molecule has 0 spiro atoms. The van der Waals surface area contributed by atoms with Gasteiger partial charge in [-0.25, -0.2) is 4.39 Å². The van der Waals surface area contributed by atoms with Gasteiger partial charge in [0.2, 0.25) is 17.7 Å². The molecule has 0 bridgehead atoms. The van der Waals surface area contributed by atoms with Crippen molar-refractivity contribution in [3.05, 3.63) is 36.8 Å². The van der Waals surface area contributed by atoms with Gasteiger partial charge in [-0.1, -0.05) is 6.58 Å². The number of nitrogens with one attached hydrogen (secondary N) is 2. The summed E-state index contributed by atoms with van der Waals surface area (Å²) < 4.78 is 22.4. The number of ether oxygens (including phenoxy) is 1. The van der Waals surface area contributed by atoms with E-state index in [1.807, 2.05) is 20.0 Å². The van der Waals surface area contributed by atoms with Crippen LogP contribution in [0.4, 0.5) is 16.0 Å². The van der Waals surface area contributed by atoms with E-state index in [0.29, 0.717) is 23.5 Å². The van der Waals surface area contributed by atoms with E-state index in [2.05, 4.69) is 31.9 Å². The average molecular weight is 413 g/mol. The largest absolute Gasteiger partial charge is 0.469 e. The van der Waals surface area contributed by atoms with Crippen LogP contribution in [-0.4, -0.2) is 60.9 Å². The van der Waals surface area contributed by atoms with Gasteiger partial charge in [0.05, 0.1) is 23.8 Å². The monoisotopic (exact) mass is 413 g/mol. The summed E-state index contributed by atoms with van der Waals surface area (Å²) in [5.74, 6) is 0.335. The highest BCUT2D eigenvalue weighted by molar-refractivity contribution is 5.87. The Morgan fingerprint density at radius 1 is 1.50 bits per heavy atom. The average Bonchev–Trinajstić information content (AvgIpc) is 3.35. The summed E-state index contributed by atoms with van der Waals surface area (Å²) in [6.07, 6.45) is 4.71. The summed E-state index contributed by atoms with van der Waals surface area (Å²) in [5.41, 5.74) is 2.19. The van der Waals surface area contributed by atoms with Crippen LogP contribution >= 0.6 is 0 Å². The molecule has 4 heterocycles. The number of aryl methyl sites for hydroxylation is 2. The molecule has 1 aliphatic heterocycles. The molecule has 30 heavy (non-hydrogen) atoms. The standard InChI is InChI=1S/C20H24FN7O2/c1-4-16(29)27-7-6-14(21)15(11-27)30-19-17-12(3)8-22-18(17)25-20(26-19)24-13-9-23-28(5-2)10-13/h4,8-10,14-15H,1,5-7,11H2,2-3H3,(H2,22,24,25,26)/t14-,15+/m1/s1. The Labute approximate surface area is 172 Å². The lowest BCUT2D eigenvalue weighted by atomic mass is 10.1. The first-order valence-corrected chi connectivity index (χ1v) is 9.85. The number of aromatic amines is 1. The van der Waals surface area contributed by atoms with Gasteiger partial charge in [0.25, 0.3) is 0 Å².